The number of halogens is 2. The average molecular weight is 279 g/mol. The predicted molar refractivity (Wildman–Crippen MR) is 74.1 cm³/mol. The maximum absolute atomic E-state index is 6.01. The molecular weight excluding hydrogens is 263 g/mol. The molecule has 1 aromatic carbocycles. The molecule has 1 unspecified atom stereocenters. The van der Waals surface area contributed by atoms with Gasteiger partial charge in [-0.05, 0) is 29.9 Å². The summed E-state index contributed by atoms with van der Waals surface area (Å²) in [7, 11) is 0. The second-order valence-electron chi connectivity index (χ2n) is 4.07. The Morgan fingerprint density at radius 1 is 1.31 bits per heavy atom. The summed E-state index contributed by atoms with van der Waals surface area (Å²) < 4.78 is 5.67. The smallest absolute Gasteiger partial charge is 0.137 e. The van der Waals surface area contributed by atoms with Gasteiger partial charge in [0.1, 0.15) is 5.75 Å². The van der Waals surface area contributed by atoms with Gasteiger partial charge in [-0.15, -0.1) is 0 Å². The molecule has 0 heterocycles. The van der Waals surface area contributed by atoms with E-state index in [0.717, 1.165) is 5.75 Å². The van der Waals surface area contributed by atoms with Crippen LogP contribution in [0.4, 0.5) is 0 Å². The van der Waals surface area contributed by atoms with Gasteiger partial charge in [-0.2, -0.15) is 12.6 Å². The zero-order chi connectivity index (χ0) is 12.1. The Kier molecular flexibility index (Phi) is 5.81. The lowest BCUT2D eigenvalue weighted by molar-refractivity contribution is 0.227. The van der Waals surface area contributed by atoms with Gasteiger partial charge in [0, 0.05) is 10.9 Å². The minimum Gasteiger partial charge on any atom is -0.492 e. The number of ether oxygens (including phenoxy) is 1. The highest BCUT2D eigenvalue weighted by Crippen LogP contribution is 2.28. The number of hydrogen-bond acceptors (Lipinski definition) is 2. The van der Waals surface area contributed by atoms with Gasteiger partial charge in [0.05, 0.1) is 11.6 Å². The van der Waals surface area contributed by atoms with Crippen molar-refractivity contribution in [3.05, 3.63) is 28.2 Å². The first-order valence-electron chi connectivity index (χ1n) is 5.23. The van der Waals surface area contributed by atoms with E-state index in [2.05, 4.69) is 26.5 Å². The van der Waals surface area contributed by atoms with Crippen LogP contribution in [0, 0.1) is 11.8 Å². The van der Waals surface area contributed by atoms with Crippen molar-refractivity contribution in [2.75, 3.05) is 12.4 Å². The van der Waals surface area contributed by atoms with Crippen LogP contribution in [0.25, 0.3) is 0 Å². The number of thiol groups is 1. The van der Waals surface area contributed by atoms with Gasteiger partial charge in [0.2, 0.25) is 0 Å². The quantitative estimate of drug-likeness (QED) is 0.776. The monoisotopic (exact) mass is 278 g/mol. The van der Waals surface area contributed by atoms with Crippen molar-refractivity contribution in [1.29, 1.82) is 0 Å². The molecule has 0 N–H and O–H groups in total. The van der Waals surface area contributed by atoms with E-state index in [-0.39, 0.29) is 0 Å². The van der Waals surface area contributed by atoms with Crippen molar-refractivity contribution in [2.45, 2.75) is 13.8 Å². The SMILES string of the molecule is CC(C)C(CS)COc1ccc(Cl)cc1Cl. The molecule has 0 radical (unpaired) electrons. The Morgan fingerprint density at radius 2 is 2.00 bits per heavy atom. The third-order valence-corrected chi connectivity index (χ3v) is 3.52. The lowest BCUT2D eigenvalue weighted by Crippen LogP contribution is -2.19. The maximum Gasteiger partial charge on any atom is 0.137 e. The first kappa shape index (κ1) is 14.0. The standard InChI is InChI=1S/C12H16Cl2OS/c1-8(2)9(7-16)6-15-12-4-3-10(13)5-11(12)14/h3-5,8-9,16H,6-7H2,1-2H3. The second-order valence-corrected chi connectivity index (χ2v) is 5.28. The zero-order valence-electron chi connectivity index (χ0n) is 9.41. The fraction of sp³-hybridized carbons (Fsp3) is 0.500. The van der Waals surface area contributed by atoms with E-state index in [1.165, 1.54) is 0 Å². The molecule has 0 saturated heterocycles. The topological polar surface area (TPSA) is 9.23 Å². The lowest BCUT2D eigenvalue weighted by Gasteiger charge is -2.19. The van der Waals surface area contributed by atoms with Crippen LogP contribution in [0.15, 0.2) is 18.2 Å². The van der Waals surface area contributed by atoms with Crippen molar-refractivity contribution in [1.82, 2.24) is 0 Å². The highest BCUT2D eigenvalue weighted by Gasteiger charge is 2.13. The van der Waals surface area contributed by atoms with Crippen LogP contribution < -0.4 is 4.74 Å². The van der Waals surface area contributed by atoms with E-state index in [4.69, 9.17) is 27.9 Å². The van der Waals surface area contributed by atoms with E-state index in [1.807, 2.05) is 0 Å². The lowest BCUT2D eigenvalue weighted by atomic mass is 9.99. The molecule has 1 rings (SSSR count). The molecule has 16 heavy (non-hydrogen) atoms. The van der Waals surface area contributed by atoms with Crippen molar-refractivity contribution in [3.8, 4) is 5.75 Å². The summed E-state index contributed by atoms with van der Waals surface area (Å²) in [6.45, 7) is 4.95. The Bertz CT molecular complexity index is 342. The molecule has 4 heteroatoms. The molecule has 0 aliphatic heterocycles. The van der Waals surface area contributed by atoms with Crippen molar-refractivity contribution >= 4 is 35.8 Å². The number of rotatable bonds is 5. The summed E-state index contributed by atoms with van der Waals surface area (Å²) in [5, 5.41) is 1.17. The largest absolute Gasteiger partial charge is 0.492 e. The van der Waals surface area contributed by atoms with Crippen LogP contribution in [-0.2, 0) is 0 Å². The Hall–Kier alpha value is -0.0500. The minimum atomic E-state index is 0.426. The van der Waals surface area contributed by atoms with Crippen LogP contribution in [0.1, 0.15) is 13.8 Å². The molecule has 0 bridgehead atoms. The van der Waals surface area contributed by atoms with Gasteiger partial charge in [-0.3, -0.25) is 0 Å². The fourth-order valence-corrected chi connectivity index (χ4v) is 2.24. The third kappa shape index (κ3) is 4.08. The van der Waals surface area contributed by atoms with Gasteiger partial charge >= 0.3 is 0 Å². The Labute approximate surface area is 112 Å². The van der Waals surface area contributed by atoms with E-state index in [1.54, 1.807) is 18.2 Å². The van der Waals surface area contributed by atoms with Crippen LogP contribution >= 0.6 is 35.8 Å². The Balaban J connectivity index is 2.60. The molecule has 0 aliphatic carbocycles. The summed E-state index contributed by atoms with van der Waals surface area (Å²) in [5.41, 5.74) is 0. The van der Waals surface area contributed by atoms with Crippen LogP contribution in [-0.4, -0.2) is 12.4 Å². The van der Waals surface area contributed by atoms with Gasteiger partial charge in [-0.1, -0.05) is 37.0 Å². The highest BCUT2D eigenvalue weighted by atomic mass is 35.5. The number of benzene rings is 1. The third-order valence-electron chi connectivity index (χ3n) is 2.52. The molecule has 0 amide bonds. The summed E-state index contributed by atoms with van der Waals surface area (Å²) in [6, 6.07) is 5.25. The van der Waals surface area contributed by atoms with Gasteiger partial charge in [-0.25, -0.2) is 0 Å². The summed E-state index contributed by atoms with van der Waals surface area (Å²) in [6.07, 6.45) is 0. The van der Waals surface area contributed by atoms with Crippen molar-refractivity contribution in [2.24, 2.45) is 11.8 Å². The number of hydrogen-bond donors (Lipinski definition) is 1. The predicted octanol–water partition coefficient (Wildman–Crippen LogP) is 4.57. The van der Waals surface area contributed by atoms with E-state index in [0.29, 0.717) is 34.2 Å². The highest BCUT2D eigenvalue weighted by molar-refractivity contribution is 7.80. The first-order chi connectivity index (χ1) is 7.54. The molecule has 0 spiro atoms. The molecule has 90 valence electrons. The summed E-state index contributed by atoms with van der Waals surface area (Å²) in [5.74, 6) is 2.46. The molecule has 1 nitrogen and oxygen atoms in total. The molecule has 1 atom stereocenters. The average Bonchev–Trinajstić information content (AvgIpc) is 2.21. The molecule has 1 aromatic rings. The molecule has 0 aromatic heterocycles. The fourth-order valence-electron chi connectivity index (χ4n) is 1.25. The normalized spacial score (nSPS) is 12.9. The van der Waals surface area contributed by atoms with Gasteiger partial charge < -0.3 is 4.74 Å². The van der Waals surface area contributed by atoms with E-state index >= 15 is 0 Å². The van der Waals surface area contributed by atoms with Crippen LogP contribution in [0.3, 0.4) is 0 Å². The zero-order valence-corrected chi connectivity index (χ0v) is 11.8. The molecule has 0 aliphatic rings. The van der Waals surface area contributed by atoms with Gasteiger partial charge in [0.15, 0.2) is 0 Å². The van der Waals surface area contributed by atoms with Crippen molar-refractivity contribution in [3.63, 3.8) is 0 Å². The minimum absolute atomic E-state index is 0.426. The van der Waals surface area contributed by atoms with E-state index < -0.39 is 0 Å². The molecular formula is C12H16Cl2OS. The Morgan fingerprint density at radius 3 is 2.50 bits per heavy atom. The van der Waals surface area contributed by atoms with Crippen LogP contribution in [0.5, 0.6) is 5.75 Å². The summed E-state index contributed by atoms with van der Waals surface area (Å²) in [4.78, 5) is 0. The maximum atomic E-state index is 6.01. The second kappa shape index (κ2) is 6.63. The van der Waals surface area contributed by atoms with Crippen molar-refractivity contribution < 1.29 is 4.74 Å². The van der Waals surface area contributed by atoms with E-state index in [9.17, 15) is 0 Å². The first-order valence-corrected chi connectivity index (χ1v) is 6.62. The molecule has 0 saturated carbocycles. The van der Waals surface area contributed by atoms with Gasteiger partial charge in [0.25, 0.3) is 0 Å². The summed E-state index contributed by atoms with van der Waals surface area (Å²) >= 11 is 16.1. The molecule has 0 fully saturated rings. The van der Waals surface area contributed by atoms with Crippen LogP contribution in [0.2, 0.25) is 10.0 Å².